The molecule has 0 aliphatic rings. The number of rotatable bonds is 9. The third-order valence-electron chi connectivity index (χ3n) is 5.49. The summed E-state index contributed by atoms with van der Waals surface area (Å²) in [7, 11) is -4.92. The lowest BCUT2D eigenvalue weighted by atomic mass is 10.1. The Balaban J connectivity index is 1.75. The van der Waals surface area contributed by atoms with Gasteiger partial charge in [-0.25, -0.2) is 0 Å². The van der Waals surface area contributed by atoms with Crippen LogP contribution in [0.25, 0.3) is 0 Å². The first-order chi connectivity index (χ1) is 19.2. The van der Waals surface area contributed by atoms with Crippen LogP contribution in [0.3, 0.4) is 0 Å². The van der Waals surface area contributed by atoms with E-state index in [2.05, 4.69) is 30.9 Å². The Kier molecular flexibility index (Phi) is 7.95. The summed E-state index contributed by atoms with van der Waals surface area (Å²) in [6, 6.07) is 10.3. The molecule has 0 amide bonds. The first kappa shape index (κ1) is 29.0. The number of hydrogen-bond donors (Lipinski definition) is 4. The predicted octanol–water partition coefficient (Wildman–Crippen LogP) is 5.57. The van der Waals surface area contributed by atoms with E-state index in [9.17, 15) is 37.6 Å². The number of nitrogens with one attached hydrogen (secondary N) is 3. The van der Waals surface area contributed by atoms with E-state index in [1.165, 1.54) is 6.92 Å². The van der Waals surface area contributed by atoms with Gasteiger partial charge in [0.1, 0.15) is 10.6 Å². The summed E-state index contributed by atoms with van der Waals surface area (Å²) in [6.07, 6.45) is 0. The zero-order valence-corrected chi connectivity index (χ0v) is 22.5. The molecule has 18 heteroatoms. The fourth-order valence-corrected chi connectivity index (χ4v) is 4.44. The topological polar surface area (TPSA) is 215 Å². The van der Waals surface area contributed by atoms with Crippen molar-refractivity contribution < 1.29 is 27.2 Å². The van der Waals surface area contributed by atoms with Crippen LogP contribution in [0.15, 0.2) is 53.4 Å². The summed E-state index contributed by atoms with van der Waals surface area (Å²) in [6.45, 7) is 3.39. The minimum absolute atomic E-state index is 0.0684. The highest BCUT2D eigenvalue weighted by Gasteiger charge is 2.27. The van der Waals surface area contributed by atoms with Crippen molar-refractivity contribution in [3.63, 3.8) is 0 Å². The summed E-state index contributed by atoms with van der Waals surface area (Å²) >= 11 is 6.05. The molecular weight excluding hydrogens is 587 g/mol. The fourth-order valence-electron chi connectivity index (χ4n) is 3.56. The normalized spacial score (nSPS) is 11.1. The van der Waals surface area contributed by atoms with Crippen molar-refractivity contribution in [3.05, 3.63) is 91.0 Å². The van der Waals surface area contributed by atoms with Gasteiger partial charge in [-0.05, 0) is 55.3 Å². The van der Waals surface area contributed by atoms with Gasteiger partial charge in [0, 0.05) is 17.4 Å². The molecule has 4 aromatic rings. The molecule has 0 bridgehead atoms. The van der Waals surface area contributed by atoms with E-state index >= 15 is 0 Å². The van der Waals surface area contributed by atoms with Crippen LogP contribution >= 0.6 is 11.6 Å². The SMILES string of the molecule is Cc1ccc(Nc2nc(Cl)nc(Nc3cc(Nc4cc(F)c([N+](=O)[O-])cc4[N+](=O)[O-])c(S(=O)(=O)O)cc3C)n2)cc1. The minimum atomic E-state index is -4.92. The third-order valence-corrected chi connectivity index (χ3v) is 6.56. The van der Waals surface area contributed by atoms with Crippen molar-refractivity contribution in [2.75, 3.05) is 16.0 Å². The summed E-state index contributed by atoms with van der Waals surface area (Å²) in [4.78, 5) is 31.9. The Morgan fingerprint density at radius 1 is 0.829 bits per heavy atom. The van der Waals surface area contributed by atoms with E-state index in [1.807, 2.05) is 19.1 Å². The molecule has 41 heavy (non-hydrogen) atoms. The maximum absolute atomic E-state index is 14.3. The minimum Gasteiger partial charge on any atom is -0.349 e. The van der Waals surface area contributed by atoms with E-state index in [4.69, 9.17) is 11.6 Å². The van der Waals surface area contributed by atoms with Crippen LogP contribution in [-0.2, 0) is 10.1 Å². The van der Waals surface area contributed by atoms with Gasteiger partial charge < -0.3 is 16.0 Å². The molecule has 0 unspecified atom stereocenters. The molecule has 15 nitrogen and oxygen atoms in total. The molecule has 0 fully saturated rings. The smallest absolute Gasteiger partial charge is 0.311 e. The summed E-state index contributed by atoms with van der Waals surface area (Å²) in [5, 5.41) is 30.6. The largest absolute Gasteiger partial charge is 0.349 e. The standard InChI is InChI=1S/C23H18ClFN8O7S/c1-11-3-5-13(6-4-11)26-22-29-21(24)30-23(31-22)28-15-9-17(20(7-12(15)2)41(38,39)40)27-16-8-14(25)18(32(34)35)10-19(16)33(36)37/h3-10,27H,1-2H3,(H,38,39,40)(H2,26,28,29,30,31). The molecule has 1 heterocycles. The predicted molar refractivity (Wildman–Crippen MR) is 147 cm³/mol. The van der Waals surface area contributed by atoms with Gasteiger partial charge in [0.25, 0.3) is 15.8 Å². The Bertz CT molecular complexity index is 1810. The molecular formula is C23H18ClFN8O7S. The molecule has 0 radical (unpaired) electrons. The van der Waals surface area contributed by atoms with Gasteiger partial charge in [-0.15, -0.1) is 0 Å². The molecule has 0 aliphatic heterocycles. The van der Waals surface area contributed by atoms with Gasteiger partial charge >= 0.3 is 5.69 Å². The highest BCUT2D eigenvalue weighted by Crippen LogP contribution is 2.37. The van der Waals surface area contributed by atoms with Crippen molar-refractivity contribution >= 4 is 67.7 Å². The Morgan fingerprint density at radius 3 is 2.02 bits per heavy atom. The first-order valence-electron chi connectivity index (χ1n) is 11.2. The van der Waals surface area contributed by atoms with E-state index in [0.717, 1.165) is 17.7 Å². The summed E-state index contributed by atoms with van der Waals surface area (Å²) in [5.74, 6) is -1.44. The quantitative estimate of drug-likeness (QED) is 0.104. The van der Waals surface area contributed by atoms with Crippen LogP contribution in [0.2, 0.25) is 5.28 Å². The number of benzene rings is 3. The molecule has 0 aliphatic carbocycles. The van der Waals surface area contributed by atoms with Crippen LogP contribution in [0.1, 0.15) is 11.1 Å². The fraction of sp³-hybridized carbons (Fsp3) is 0.0870. The van der Waals surface area contributed by atoms with Gasteiger partial charge in [0.2, 0.25) is 23.0 Å². The Morgan fingerprint density at radius 2 is 1.44 bits per heavy atom. The monoisotopic (exact) mass is 604 g/mol. The molecule has 212 valence electrons. The summed E-state index contributed by atoms with van der Waals surface area (Å²) in [5.41, 5.74) is -1.07. The number of aryl methyl sites for hydroxylation is 2. The maximum atomic E-state index is 14.3. The maximum Gasteiger partial charge on any atom is 0.311 e. The second kappa shape index (κ2) is 11.2. The van der Waals surface area contributed by atoms with Crippen LogP contribution < -0.4 is 16.0 Å². The average molecular weight is 605 g/mol. The first-order valence-corrected chi connectivity index (χ1v) is 13.1. The van der Waals surface area contributed by atoms with Crippen molar-refractivity contribution in [2.45, 2.75) is 18.7 Å². The molecule has 0 spiro atoms. The molecule has 0 saturated heterocycles. The van der Waals surface area contributed by atoms with E-state index in [-0.39, 0.29) is 28.4 Å². The highest BCUT2D eigenvalue weighted by atomic mass is 35.5. The van der Waals surface area contributed by atoms with Crippen LogP contribution in [0.4, 0.5) is 50.4 Å². The lowest BCUT2D eigenvalue weighted by molar-refractivity contribution is -0.395. The Labute approximate surface area is 235 Å². The van der Waals surface area contributed by atoms with Gasteiger partial charge in [0.05, 0.1) is 21.6 Å². The molecule has 4 N–H and O–H groups in total. The molecule has 0 saturated carbocycles. The lowest BCUT2D eigenvalue weighted by Crippen LogP contribution is -2.09. The number of nitrogens with zero attached hydrogens (tertiary/aromatic N) is 5. The molecule has 0 atom stereocenters. The van der Waals surface area contributed by atoms with Gasteiger partial charge in [-0.1, -0.05) is 17.7 Å². The van der Waals surface area contributed by atoms with E-state index in [0.29, 0.717) is 17.8 Å². The van der Waals surface area contributed by atoms with E-state index in [1.54, 1.807) is 12.1 Å². The van der Waals surface area contributed by atoms with Gasteiger partial charge in [0.15, 0.2) is 0 Å². The van der Waals surface area contributed by atoms with Crippen LogP contribution in [-0.4, -0.2) is 37.8 Å². The molecule has 1 aromatic heterocycles. The zero-order chi connectivity index (χ0) is 30.1. The lowest BCUT2D eigenvalue weighted by Gasteiger charge is -2.16. The number of nitro groups is 2. The molecule has 4 rings (SSSR count). The molecule has 3 aromatic carbocycles. The average Bonchev–Trinajstić information content (AvgIpc) is 2.86. The van der Waals surface area contributed by atoms with Crippen LogP contribution in [0.5, 0.6) is 0 Å². The zero-order valence-electron chi connectivity index (χ0n) is 20.9. The number of halogens is 2. The second-order valence-corrected chi connectivity index (χ2v) is 10.2. The van der Waals surface area contributed by atoms with Crippen molar-refractivity contribution in [1.82, 2.24) is 15.0 Å². The van der Waals surface area contributed by atoms with Crippen molar-refractivity contribution in [2.24, 2.45) is 0 Å². The van der Waals surface area contributed by atoms with E-state index < -0.39 is 53.4 Å². The van der Waals surface area contributed by atoms with Crippen LogP contribution in [0, 0.1) is 39.9 Å². The second-order valence-electron chi connectivity index (χ2n) is 8.47. The number of aromatic nitrogens is 3. The van der Waals surface area contributed by atoms with Gasteiger partial charge in [-0.2, -0.15) is 27.8 Å². The van der Waals surface area contributed by atoms with Crippen molar-refractivity contribution in [1.29, 1.82) is 0 Å². The third kappa shape index (κ3) is 6.78. The highest BCUT2D eigenvalue weighted by molar-refractivity contribution is 7.86. The summed E-state index contributed by atoms with van der Waals surface area (Å²) < 4.78 is 48.4. The Hall–Kier alpha value is -5.00. The van der Waals surface area contributed by atoms with Gasteiger partial charge in [-0.3, -0.25) is 24.8 Å². The number of anilines is 6. The van der Waals surface area contributed by atoms with Crippen molar-refractivity contribution in [3.8, 4) is 0 Å². The number of nitro benzene ring substituents is 2. The number of hydrogen-bond acceptors (Lipinski definition) is 12.